The monoisotopic (exact) mass is 294 g/mol. The van der Waals surface area contributed by atoms with Gasteiger partial charge in [-0.25, -0.2) is 13.6 Å². The van der Waals surface area contributed by atoms with Gasteiger partial charge in [-0.2, -0.15) is 0 Å². The summed E-state index contributed by atoms with van der Waals surface area (Å²) in [4.78, 5) is 23.4. The molecule has 1 aliphatic carbocycles. The highest BCUT2D eigenvalue weighted by atomic mass is 19.1. The van der Waals surface area contributed by atoms with Crippen molar-refractivity contribution in [2.45, 2.75) is 25.6 Å². The van der Waals surface area contributed by atoms with E-state index in [1.54, 1.807) is 6.92 Å². The van der Waals surface area contributed by atoms with Gasteiger partial charge in [0.15, 0.2) is 0 Å². The molecule has 0 saturated heterocycles. The number of anilines is 1. The van der Waals surface area contributed by atoms with Crippen molar-refractivity contribution in [2.75, 3.05) is 5.73 Å². The number of pyridine rings is 1. The van der Waals surface area contributed by atoms with Gasteiger partial charge in [-0.1, -0.05) is 0 Å². The van der Waals surface area contributed by atoms with Crippen LogP contribution >= 0.6 is 0 Å². The third kappa shape index (κ3) is 1.88. The Morgan fingerprint density at radius 1 is 1.52 bits per heavy atom. The van der Waals surface area contributed by atoms with Gasteiger partial charge in [-0.15, -0.1) is 0 Å². The van der Waals surface area contributed by atoms with Gasteiger partial charge < -0.3 is 15.4 Å². The summed E-state index contributed by atoms with van der Waals surface area (Å²) in [6.07, 6.45) is 0.234. The molecule has 3 N–H and O–H groups in total. The number of aromatic carboxylic acids is 1. The SMILES string of the molecule is Cc1cc(F)c(N)c2c(=O)c(C(=O)O)cn([C@@H]3C[C@@H]3F)c12. The number of rotatable bonds is 2. The quantitative estimate of drug-likeness (QED) is 0.830. The van der Waals surface area contributed by atoms with Gasteiger partial charge >= 0.3 is 5.97 Å². The molecule has 1 saturated carbocycles. The number of alkyl halides is 1. The molecule has 7 heteroatoms. The molecule has 21 heavy (non-hydrogen) atoms. The highest BCUT2D eigenvalue weighted by Gasteiger charge is 2.40. The molecule has 3 rings (SSSR count). The molecule has 1 heterocycles. The van der Waals surface area contributed by atoms with Crippen LogP contribution in [0.5, 0.6) is 0 Å². The van der Waals surface area contributed by atoms with Crippen molar-refractivity contribution in [2.24, 2.45) is 0 Å². The van der Waals surface area contributed by atoms with Crippen molar-refractivity contribution < 1.29 is 18.7 Å². The van der Waals surface area contributed by atoms with E-state index in [1.165, 1.54) is 4.57 Å². The van der Waals surface area contributed by atoms with E-state index in [4.69, 9.17) is 10.8 Å². The van der Waals surface area contributed by atoms with Crippen LogP contribution in [-0.2, 0) is 0 Å². The number of carbonyl (C=O) groups is 1. The largest absolute Gasteiger partial charge is 0.477 e. The molecule has 1 aliphatic rings. The molecule has 110 valence electrons. The normalized spacial score (nSPS) is 20.7. The molecule has 1 aromatic heterocycles. The van der Waals surface area contributed by atoms with E-state index in [1.807, 2.05) is 0 Å². The molecule has 2 atom stereocenters. The first kappa shape index (κ1) is 13.5. The molecule has 2 aromatic rings. The minimum Gasteiger partial charge on any atom is -0.477 e. The van der Waals surface area contributed by atoms with Crippen molar-refractivity contribution in [3.8, 4) is 0 Å². The van der Waals surface area contributed by atoms with E-state index in [-0.39, 0.29) is 17.3 Å². The molecular weight excluding hydrogens is 282 g/mol. The van der Waals surface area contributed by atoms with E-state index < -0.39 is 40.7 Å². The maximum Gasteiger partial charge on any atom is 0.341 e. The second kappa shape index (κ2) is 4.28. The lowest BCUT2D eigenvalue weighted by Crippen LogP contribution is -2.21. The predicted molar refractivity (Wildman–Crippen MR) is 72.8 cm³/mol. The number of benzene rings is 1. The number of hydrogen-bond acceptors (Lipinski definition) is 3. The van der Waals surface area contributed by atoms with Gasteiger partial charge in [-0.3, -0.25) is 4.79 Å². The number of carboxylic acids is 1. The number of aryl methyl sites for hydroxylation is 1. The Labute approximate surface area is 117 Å². The number of fused-ring (bicyclic) bond motifs is 1. The fraction of sp³-hybridized carbons (Fsp3) is 0.286. The van der Waals surface area contributed by atoms with E-state index >= 15 is 0 Å². The molecular formula is C14H12F2N2O3. The average Bonchev–Trinajstić information content (AvgIpc) is 3.12. The lowest BCUT2D eigenvalue weighted by molar-refractivity contribution is 0.0694. The molecule has 0 spiro atoms. The first-order chi connectivity index (χ1) is 9.82. The van der Waals surface area contributed by atoms with Crippen molar-refractivity contribution in [3.63, 3.8) is 0 Å². The summed E-state index contributed by atoms with van der Waals surface area (Å²) >= 11 is 0. The third-order valence-electron chi connectivity index (χ3n) is 3.75. The minimum atomic E-state index is -1.45. The maximum absolute atomic E-state index is 13.8. The summed E-state index contributed by atoms with van der Waals surface area (Å²) in [5.41, 5.74) is 4.49. The Morgan fingerprint density at radius 2 is 2.14 bits per heavy atom. The molecule has 0 amide bonds. The van der Waals surface area contributed by atoms with Crippen LogP contribution in [0.15, 0.2) is 17.1 Å². The Kier molecular flexibility index (Phi) is 2.76. The van der Waals surface area contributed by atoms with Gasteiger partial charge in [0.25, 0.3) is 0 Å². The standard InChI is InChI=1S/C14H12F2N2O3/c1-5-2-8(16)11(17)10-12(5)18(9-3-7(9)15)4-6(13(10)19)14(20)21/h2,4,7,9H,3,17H2,1H3,(H,20,21)/t7-,9+/m0/s1. The Balaban J connectivity index is 2.52. The second-order valence-electron chi connectivity index (χ2n) is 5.22. The van der Waals surface area contributed by atoms with Crippen LogP contribution in [-0.4, -0.2) is 21.8 Å². The molecule has 0 unspecified atom stereocenters. The fourth-order valence-electron chi connectivity index (χ4n) is 2.59. The zero-order valence-electron chi connectivity index (χ0n) is 11.1. The number of carboxylic acid groups (broad SMARTS) is 1. The minimum absolute atomic E-state index is 0.202. The van der Waals surface area contributed by atoms with Crippen molar-refractivity contribution in [1.82, 2.24) is 4.57 Å². The van der Waals surface area contributed by atoms with Crippen LogP contribution in [0.1, 0.15) is 28.4 Å². The molecule has 5 nitrogen and oxygen atoms in total. The molecule has 0 aliphatic heterocycles. The summed E-state index contributed by atoms with van der Waals surface area (Å²) in [6, 6.07) is 0.610. The Bertz CT molecular complexity index is 844. The van der Waals surface area contributed by atoms with Crippen LogP contribution in [0.25, 0.3) is 10.9 Å². The van der Waals surface area contributed by atoms with Crippen molar-refractivity contribution in [3.05, 3.63) is 39.4 Å². The second-order valence-corrected chi connectivity index (χ2v) is 5.22. The highest BCUT2D eigenvalue weighted by molar-refractivity contribution is 5.98. The molecule has 0 bridgehead atoms. The number of hydrogen-bond donors (Lipinski definition) is 2. The zero-order valence-corrected chi connectivity index (χ0v) is 11.1. The Hall–Kier alpha value is -2.44. The number of aromatic nitrogens is 1. The molecule has 0 radical (unpaired) electrons. The Morgan fingerprint density at radius 3 is 2.67 bits per heavy atom. The first-order valence-corrected chi connectivity index (χ1v) is 6.33. The van der Waals surface area contributed by atoms with Crippen LogP contribution in [0.2, 0.25) is 0 Å². The predicted octanol–water partition coefficient (Wildman–Crippen LogP) is 2.01. The van der Waals surface area contributed by atoms with Crippen LogP contribution in [0.4, 0.5) is 14.5 Å². The van der Waals surface area contributed by atoms with Crippen molar-refractivity contribution in [1.29, 1.82) is 0 Å². The summed E-state index contributed by atoms with van der Waals surface area (Å²) in [5, 5.41) is 8.90. The van der Waals surface area contributed by atoms with Crippen LogP contribution in [0.3, 0.4) is 0 Å². The summed E-state index contributed by atoms with van der Waals surface area (Å²) in [7, 11) is 0. The van der Waals surface area contributed by atoms with E-state index in [0.717, 1.165) is 12.3 Å². The summed E-state index contributed by atoms with van der Waals surface area (Å²) < 4.78 is 28.5. The molecule has 1 aromatic carbocycles. The number of nitrogen functional groups attached to an aromatic ring is 1. The van der Waals surface area contributed by atoms with Gasteiger partial charge in [0, 0.05) is 12.6 Å². The fourth-order valence-corrected chi connectivity index (χ4v) is 2.59. The lowest BCUT2D eigenvalue weighted by Gasteiger charge is -2.15. The van der Waals surface area contributed by atoms with Crippen LogP contribution in [0, 0.1) is 12.7 Å². The van der Waals surface area contributed by atoms with Gasteiger partial charge in [0.2, 0.25) is 5.43 Å². The number of nitrogens with zero attached hydrogens (tertiary/aromatic N) is 1. The van der Waals surface area contributed by atoms with Gasteiger partial charge in [-0.05, 0) is 18.6 Å². The smallest absolute Gasteiger partial charge is 0.341 e. The van der Waals surface area contributed by atoms with Gasteiger partial charge in [0.05, 0.1) is 22.6 Å². The third-order valence-corrected chi connectivity index (χ3v) is 3.75. The molecule has 1 fully saturated rings. The average molecular weight is 294 g/mol. The number of halogens is 2. The summed E-state index contributed by atoms with van der Waals surface area (Å²) in [6.45, 7) is 1.57. The lowest BCUT2D eigenvalue weighted by atomic mass is 10.0. The summed E-state index contributed by atoms with van der Waals surface area (Å²) in [5.74, 6) is -2.24. The maximum atomic E-state index is 13.8. The number of nitrogens with two attached hydrogens (primary N) is 1. The first-order valence-electron chi connectivity index (χ1n) is 6.33. The van der Waals surface area contributed by atoms with E-state index in [0.29, 0.717) is 5.56 Å². The van der Waals surface area contributed by atoms with Crippen LogP contribution < -0.4 is 11.2 Å². The topological polar surface area (TPSA) is 85.3 Å². The van der Waals surface area contributed by atoms with Crippen molar-refractivity contribution >= 4 is 22.6 Å². The van der Waals surface area contributed by atoms with E-state index in [9.17, 15) is 18.4 Å². The highest BCUT2D eigenvalue weighted by Crippen LogP contribution is 2.41. The van der Waals surface area contributed by atoms with E-state index in [2.05, 4.69) is 0 Å². The van der Waals surface area contributed by atoms with Gasteiger partial charge in [0.1, 0.15) is 17.6 Å². The zero-order chi connectivity index (χ0) is 15.5.